The van der Waals surface area contributed by atoms with Crippen molar-refractivity contribution in [1.29, 1.82) is 0 Å². The van der Waals surface area contributed by atoms with Gasteiger partial charge in [-0.2, -0.15) is 0 Å². The molecule has 94 valence electrons. The maximum absolute atomic E-state index is 6.09. The molecule has 1 aliphatic carbocycles. The predicted octanol–water partition coefficient (Wildman–Crippen LogP) is 2.51. The van der Waals surface area contributed by atoms with Crippen LogP contribution in [0.4, 0.5) is 0 Å². The van der Waals surface area contributed by atoms with Crippen molar-refractivity contribution in [3.8, 4) is 0 Å². The number of aromatic nitrogens is 1. The van der Waals surface area contributed by atoms with E-state index in [4.69, 9.17) is 10.5 Å². The number of hydrogen-bond donors (Lipinski definition) is 1. The van der Waals surface area contributed by atoms with Gasteiger partial charge < -0.3 is 10.5 Å². The molecule has 3 nitrogen and oxygen atoms in total. The molecular weight excluding hydrogens is 212 g/mol. The lowest BCUT2D eigenvalue weighted by Gasteiger charge is -2.39. The fraction of sp³-hybridized carbons (Fsp3) is 0.643. The van der Waals surface area contributed by atoms with E-state index in [-0.39, 0.29) is 5.60 Å². The second-order valence-electron chi connectivity index (χ2n) is 5.20. The van der Waals surface area contributed by atoms with E-state index in [9.17, 15) is 0 Å². The minimum Gasteiger partial charge on any atom is -0.367 e. The molecule has 2 rings (SSSR count). The molecule has 0 bridgehead atoms. The monoisotopic (exact) mass is 234 g/mol. The Morgan fingerprint density at radius 3 is 3.06 bits per heavy atom. The van der Waals surface area contributed by atoms with Crippen molar-refractivity contribution in [1.82, 2.24) is 4.98 Å². The van der Waals surface area contributed by atoms with Gasteiger partial charge in [-0.15, -0.1) is 0 Å². The molecular formula is C14H22N2O. The lowest BCUT2D eigenvalue weighted by Crippen LogP contribution is -2.44. The summed E-state index contributed by atoms with van der Waals surface area (Å²) in [6, 6.07) is 5.91. The van der Waals surface area contributed by atoms with Crippen LogP contribution in [0, 0.1) is 5.92 Å². The van der Waals surface area contributed by atoms with Crippen LogP contribution in [0.1, 0.15) is 38.3 Å². The highest BCUT2D eigenvalue weighted by atomic mass is 16.5. The number of pyridine rings is 1. The highest BCUT2D eigenvalue weighted by Crippen LogP contribution is 2.34. The van der Waals surface area contributed by atoms with Gasteiger partial charge in [0.2, 0.25) is 0 Å². The molecule has 0 aliphatic heterocycles. The number of nitrogens with zero attached hydrogens (tertiary/aromatic N) is 1. The van der Waals surface area contributed by atoms with Gasteiger partial charge in [0.1, 0.15) is 0 Å². The first-order valence-corrected chi connectivity index (χ1v) is 6.48. The molecule has 1 heterocycles. The first-order chi connectivity index (χ1) is 8.24. The zero-order valence-electron chi connectivity index (χ0n) is 10.6. The molecule has 2 atom stereocenters. The molecule has 1 aromatic heterocycles. The Hall–Kier alpha value is -0.930. The Balaban J connectivity index is 1.95. The fourth-order valence-electron chi connectivity index (χ4n) is 2.70. The molecule has 0 aromatic carbocycles. The summed E-state index contributed by atoms with van der Waals surface area (Å²) in [5, 5.41) is 0. The minimum absolute atomic E-state index is 0.116. The van der Waals surface area contributed by atoms with E-state index < -0.39 is 0 Å². The largest absolute Gasteiger partial charge is 0.367 e. The summed E-state index contributed by atoms with van der Waals surface area (Å²) in [7, 11) is 0. The van der Waals surface area contributed by atoms with E-state index in [0.29, 0.717) is 13.2 Å². The van der Waals surface area contributed by atoms with Gasteiger partial charge in [0.15, 0.2) is 0 Å². The Kier molecular flexibility index (Phi) is 4.13. The van der Waals surface area contributed by atoms with Gasteiger partial charge in [0.05, 0.1) is 17.9 Å². The molecule has 1 aliphatic rings. The van der Waals surface area contributed by atoms with Crippen LogP contribution in [-0.4, -0.2) is 17.1 Å². The van der Waals surface area contributed by atoms with Gasteiger partial charge >= 0.3 is 0 Å². The summed E-state index contributed by atoms with van der Waals surface area (Å²) in [6.45, 7) is 3.47. The minimum atomic E-state index is -0.116. The molecule has 1 fully saturated rings. The molecule has 17 heavy (non-hydrogen) atoms. The average molecular weight is 234 g/mol. The fourth-order valence-corrected chi connectivity index (χ4v) is 2.70. The molecule has 1 aromatic rings. The highest BCUT2D eigenvalue weighted by molar-refractivity contribution is 5.02. The summed E-state index contributed by atoms with van der Waals surface area (Å²) in [6.07, 6.45) is 6.49. The van der Waals surface area contributed by atoms with Crippen LogP contribution in [0.5, 0.6) is 0 Å². The van der Waals surface area contributed by atoms with Crippen LogP contribution in [0.2, 0.25) is 0 Å². The quantitative estimate of drug-likeness (QED) is 0.870. The first kappa shape index (κ1) is 12.5. The summed E-state index contributed by atoms with van der Waals surface area (Å²) in [5.41, 5.74) is 6.79. The summed E-state index contributed by atoms with van der Waals surface area (Å²) in [5.74, 6) is 0.719. The Morgan fingerprint density at radius 2 is 2.41 bits per heavy atom. The molecule has 0 radical (unpaired) electrons. The number of rotatable bonds is 4. The molecule has 0 amide bonds. The lowest BCUT2D eigenvalue weighted by molar-refractivity contribution is -0.0850. The standard InChI is InChI=1S/C14H22N2O/c1-12-5-4-7-14(9-12,11-15)17-10-13-6-2-3-8-16-13/h2-3,6,8,12H,4-5,7,9-11,15H2,1H3. The second kappa shape index (κ2) is 5.61. The van der Waals surface area contributed by atoms with Gasteiger partial charge in [-0.3, -0.25) is 4.98 Å². The first-order valence-electron chi connectivity index (χ1n) is 6.48. The molecule has 0 saturated heterocycles. The van der Waals surface area contributed by atoms with E-state index in [2.05, 4.69) is 11.9 Å². The van der Waals surface area contributed by atoms with E-state index in [1.165, 1.54) is 12.8 Å². The van der Waals surface area contributed by atoms with Crippen molar-refractivity contribution in [3.63, 3.8) is 0 Å². The SMILES string of the molecule is CC1CCCC(CN)(OCc2ccccn2)C1. The topological polar surface area (TPSA) is 48.1 Å². The molecule has 1 saturated carbocycles. The normalized spacial score (nSPS) is 29.2. The van der Waals surface area contributed by atoms with Crippen molar-refractivity contribution in [2.24, 2.45) is 11.7 Å². The zero-order valence-corrected chi connectivity index (χ0v) is 10.6. The summed E-state index contributed by atoms with van der Waals surface area (Å²) >= 11 is 0. The maximum atomic E-state index is 6.09. The van der Waals surface area contributed by atoms with Crippen LogP contribution < -0.4 is 5.73 Å². The van der Waals surface area contributed by atoms with Crippen LogP contribution in [-0.2, 0) is 11.3 Å². The van der Waals surface area contributed by atoms with Gasteiger partial charge in [-0.1, -0.05) is 25.8 Å². The van der Waals surface area contributed by atoms with Crippen molar-refractivity contribution in [2.45, 2.75) is 44.8 Å². The Bertz CT molecular complexity index is 341. The van der Waals surface area contributed by atoms with Crippen LogP contribution in [0.25, 0.3) is 0 Å². The number of hydrogen-bond acceptors (Lipinski definition) is 3. The van der Waals surface area contributed by atoms with Crippen LogP contribution in [0.3, 0.4) is 0 Å². The molecule has 0 spiro atoms. The molecule has 2 N–H and O–H groups in total. The van der Waals surface area contributed by atoms with Crippen molar-refractivity contribution in [3.05, 3.63) is 30.1 Å². The van der Waals surface area contributed by atoms with Gasteiger partial charge in [-0.25, -0.2) is 0 Å². The summed E-state index contributed by atoms with van der Waals surface area (Å²) in [4.78, 5) is 4.28. The Labute approximate surface area is 103 Å². The molecule has 3 heteroatoms. The van der Waals surface area contributed by atoms with E-state index in [1.807, 2.05) is 18.2 Å². The number of nitrogens with two attached hydrogens (primary N) is 1. The Morgan fingerprint density at radius 1 is 1.53 bits per heavy atom. The maximum Gasteiger partial charge on any atom is 0.0896 e. The average Bonchev–Trinajstić information content (AvgIpc) is 2.38. The van der Waals surface area contributed by atoms with Crippen LogP contribution >= 0.6 is 0 Å². The predicted molar refractivity (Wildman–Crippen MR) is 68.4 cm³/mol. The third-order valence-corrected chi connectivity index (χ3v) is 3.67. The van der Waals surface area contributed by atoms with E-state index >= 15 is 0 Å². The van der Waals surface area contributed by atoms with E-state index in [1.54, 1.807) is 6.20 Å². The number of ether oxygens (including phenoxy) is 1. The molecule has 2 unspecified atom stereocenters. The van der Waals surface area contributed by atoms with Gasteiger partial charge in [-0.05, 0) is 30.9 Å². The third-order valence-electron chi connectivity index (χ3n) is 3.67. The van der Waals surface area contributed by atoms with Crippen molar-refractivity contribution >= 4 is 0 Å². The lowest BCUT2D eigenvalue weighted by atomic mass is 9.79. The van der Waals surface area contributed by atoms with Gasteiger partial charge in [0, 0.05) is 12.7 Å². The smallest absolute Gasteiger partial charge is 0.0896 e. The van der Waals surface area contributed by atoms with Crippen LogP contribution in [0.15, 0.2) is 24.4 Å². The summed E-state index contributed by atoms with van der Waals surface area (Å²) < 4.78 is 6.09. The third kappa shape index (κ3) is 3.27. The zero-order chi connectivity index (χ0) is 12.1. The van der Waals surface area contributed by atoms with Crippen molar-refractivity contribution in [2.75, 3.05) is 6.54 Å². The van der Waals surface area contributed by atoms with E-state index in [0.717, 1.165) is 24.5 Å². The van der Waals surface area contributed by atoms with Gasteiger partial charge in [0.25, 0.3) is 0 Å². The van der Waals surface area contributed by atoms with Crippen molar-refractivity contribution < 1.29 is 4.74 Å². The highest BCUT2D eigenvalue weighted by Gasteiger charge is 2.34. The second-order valence-corrected chi connectivity index (χ2v) is 5.20.